The Morgan fingerprint density at radius 1 is 1.62 bits per heavy atom. The first-order valence-electron chi connectivity index (χ1n) is 3.13. The van der Waals surface area contributed by atoms with Crippen LogP contribution in [0.5, 0.6) is 0 Å². The minimum Gasteiger partial charge on any atom is -0.365 e. The van der Waals surface area contributed by atoms with Crippen molar-refractivity contribution in [1.82, 2.24) is 0 Å². The summed E-state index contributed by atoms with van der Waals surface area (Å²) in [5.41, 5.74) is 0. The fraction of sp³-hybridized carbons (Fsp3) is 1.00. The van der Waals surface area contributed by atoms with Gasteiger partial charge < -0.3 is 9.84 Å². The van der Waals surface area contributed by atoms with Gasteiger partial charge in [-0.3, -0.25) is 0 Å². The fourth-order valence-electron chi connectivity index (χ4n) is 0.543. The molecule has 0 bridgehead atoms. The lowest BCUT2D eigenvalue weighted by molar-refractivity contribution is -0.124. The van der Waals surface area contributed by atoms with E-state index in [4.69, 9.17) is 9.84 Å². The van der Waals surface area contributed by atoms with E-state index in [1.54, 1.807) is 0 Å². The molecule has 0 aromatic rings. The first kappa shape index (κ1) is 6.05. The lowest BCUT2D eigenvalue weighted by Crippen LogP contribution is -2.12. The monoisotopic (exact) mass is 116 g/mol. The SMILES string of the molecule is CCCOC1(O)CC1. The van der Waals surface area contributed by atoms with E-state index in [2.05, 4.69) is 0 Å². The van der Waals surface area contributed by atoms with E-state index in [-0.39, 0.29) is 0 Å². The molecule has 0 radical (unpaired) electrons. The van der Waals surface area contributed by atoms with Gasteiger partial charge in [0.15, 0.2) is 5.79 Å². The second-order valence-electron chi connectivity index (χ2n) is 2.29. The third-order valence-corrected chi connectivity index (χ3v) is 1.25. The predicted octanol–water partition coefficient (Wildman–Crippen LogP) is 0.895. The quantitative estimate of drug-likeness (QED) is 0.555. The Morgan fingerprint density at radius 2 is 2.25 bits per heavy atom. The number of rotatable bonds is 3. The molecule has 8 heavy (non-hydrogen) atoms. The van der Waals surface area contributed by atoms with E-state index in [9.17, 15) is 0 Å². The van der Waals surface area contributed by atoms with Crippen LogP contribution in [0.2, 0.25) is 0 Å². The minimum absolute atomic E-state index is 0.691. The molecule has 0 spiro atoms. The summed E-state index contributed by atoms with van der Waals surface area (Å²) in [5.74, 6) is -0.698. The van der Waals surface area contributed by atoms with Crippen LogP contribution in [0.3, 0.4) is 0 Å². The molecule has 0 saturated heterocycles. The molecule has 2 nitrogen and oxygen atoms in total. The van der Waals surface area contributed by atoms with Crippen molar-refractivity contribution in [1.29, 1.82) is 0 Å². The van der Waals surface area contributed by atoms with Crippen LogP contribution in [0, 0.1) is 0 Å². The van der Waals surface area contributed by atoms with Gasteiger partial charge in [0, 0.05) is 19.4 Å². The first-order chi connectivity index (χ1) is 3.77. The van der Waals surface area contributed by atoms with Gasteiger partial charge in [-0.05, 0) is 6.42 Å². The van der Waals surface area contributed by atoms with Crippen LogP contribution in [-0.4, -0.2) is 17.5 Å². The lowest BCUT2D eigenvalue weighted by atomic mass is 10.5. The van der Waals surface area contributed by atoms with Crippen LogP contribution in [0.15, 0.2) is 0 Å². The third kappa shape index (κ3) is 1.46. The number of aliphatic hydroxyl groups is 1. The predicted molar refractivity (Wildman–Crippen MR) is 30.4 cm³/mol. The second-order valence-corrected chi connectivity index (χ2v) is 2.29. The van der Waals surface area contributed by atoms with Gasteiger partial charge in [0.2, 0.25) is 0 Å². The highest BCUT2D eigenvalue weighted by atomic mass is 16.6. The van der Waals surface area contributed by atoms with Gasteiger partial charge in [0.1, 0.15) is 0 Å². The highest BCUT2D eigenvalue weighted by molar-refractivity contribution is 4.82. The largest absolute Gasteiger partial charge is 0.365 e. The molecule has 2 heteroatoms. The third-order valence-electron chi connectivity index (χ3n) is 1.25. The molecule has 0 aliphatic heterocycles. The average molecular weight is 116 g/mol. The minimum atomic E-state index is -0.698. The zero-order chi connectivity index (χ0) is 6.04. The Hall–Kier alpha value is -0.0800. The van der Waals surface area contributed by atoms with Crippen molar-refractivity contribution in [2.75, 3.05) is 6.61 Å². The van der Waals surface area contributed by atoms with Crippen LogP contribution in [0.1, 0.15) is 26.2 Å². The van der Waals surface area contributed by atoms with Crippen molar-refractivity contribution in [2.24, 2.45) is 0 Å². The summed E-state index contributed by atoms with van der Waals surface area (Å²) in [6, 6.07) is 0. The summed E-state index contributed by atoms with van der Waals surface area (Å²) in [6.45, 7) is 2.72. The maximum atomic E-state index is 9.04. The van der Waals surface area contributed by atoms with Gasteiger partial charge in [-0.25, -0.2) is 0 Å². The van der Waals surface area contributed by atoms with Gasteiger partial charge in [-0.2, -0.15) is 0 Å². The summed E-state index contributed by atoms with van der Waals surface area (Å²) in [7, 11) is 0. The molecule has 48 valence electrons. The molecule has 0 unspecified atom stereocenters. The zero-order valence-electron chi connectivity index (χ0n) is 5.18. The van der Waals surface area contributed by atoms with E-state index in [0.29, 0.717) is 6.61 Å². The van der Waals surface area contributed by atoms with E-state index in [1.165, 1.54) is 0 Å². The molecule has 0 amide bonds. The summed E-state index contributed by atoms with van der Waals surface area (Å²) in [5, 5.41) is 9.04. The lowest BCUT2D eigenvalue weighted by Gasteiger charge is -2.06. The van der Waals surface area contributed by atoms with Crippen molar-refractivity contribution in [3.63, 3.8) is 0 Å². The molecule has 1 saturated carbocycles. The summed E-state index contributed by atoms with van der Waals surface area (Å²) in [6.07, 6.45) is 2.64. The zero-order valence-corrected chi connectivity index (χ0v) is 5.18. The van der Waals surface area contributed by atoms with Crippen molar-refractivity contribution < 1.29 is 9.84 Å². The van der Waals surface area contributed by atoms with Crippen molar-refractivity contribution in [3.8, 4) is 0 Å². The fourth-order valence-corrected chi connectivity index (χ4v) is 0.543. The first-order valence-corrected chi connectivity index (χ1v) is 3.13. The number of ether oxygens (including phenoxy) is 1. The standard InChI is InChI=1S/C6H12O2/c1-2-5-8-6(7)3-4-6/h7H,2-5H2,1H3. The molecule has 1 aliphatic rings. The Bertz CT molecular complexity index is 76.6. The van der Waals surface area contributed by atoms with Crippen LogP contribution >= 0.6 is 0 Å². The Morgan fingerprint density at radius 3 is 2.62 bits per heavy atom. The van der Waals surface area contributed by atoms with Gasteiger partial charge in [0.25, 0.3) is 0 Å². The molecular weight excluding hydrogens is 104 g/mol. The highest BCUT2D eigenvalue weighted by Gasteiger charge is 2.41. The van der Waals surface area contributed by atoms with E-state index < -0.39 is 5.79 Å². The molecule has 0 heterocycles. The van der Waals surface area contributed by atoms with Gasteiger partial charge in [-0.15, -0.1) is 0 Å². The molecule has 1 aliphatic carbocycles. The van der Waals surface area contributed by atoms with E-state index >= 15 is 0 Å². The van der Waals surface area contributed by atoms with Crippen molar-refractivity contribution in [2.45, 2.75) is 32.0 Å². The van der Waals surface area contributed by atoms with Crippen LogP contribution < -0.4 is 0 Å². The van der Waals surface area contributed by atoms with Crippen LogP contribution in [0.4, 0.5) is 0 Å². The molecule has 1 rings (SSSR count). The maximum Gasteiger partial charge on any atom is 0.165 e. The second kappa shape index (κ2) is 2.03. The summed E-state index contributed by atoms with van der Waals surface area (Å²) < 4.78 is 5.05. The van der Waals surface area contributed by atoms with Crippen molar-refractivity contribution in [3.05, 3.63) is 0 Å². The van der Waals surface area contributed by atoms with E-state index in [0.717, 1.165) is 19.3 Å². The topological polar surface area (TPSA) is 29.5 Å². The average Bonchev–Trinajstić information content (AvgIpc) is 2.45. The number of hydrogen-bond donors (Lipinski definition) is 1. The number of hydrogen-bond acceptors (Lipinski definition) is 2. The summed E-state index contributed by atoms with van der Waals surface area (Å²) >= 11 is 0. The van der Waals surface area contributed by atoms with Crippen LogP contribution in [-0.2, 0) is 4.74 Å². The Kier molecular flexibility index (Phi) is 1.54. The van der Waals surface area contributed by atoms with Gasteiger partial charge >= 0.3 is 0 Å². The van der Waals surface area contributed by atoms with E-state index in [1.807, 2.05) is 6.92 Å². The molecule has 0 aromatic heterocycles. The summed E-state index contributed by atoms with van der Waals surface area (Å²) in [4.78, 5) is 0. The molecular formula is C6H12O2. The van der Waals surface area contributed by atoms with Crippen LogP contribution in [0.25, 0.3) is 0 Å². The smallest absolute Gasteiger partial charge is 0.165 e. The Balaban J connectivity index is 2.01. The molecule has 0 atom stereocenters. The Labute approximate surface area is 49.5 Å². The van der Waals surface area contributed by atoms with Gasteiger partial charge in [-0.1, -0.05) is 6.92 Å². The normalized spacial score (nSPS) is 23.2. The highest BCUT2D eigenvalue weighted by Crippen LogP contribution is 2.35. The van der Waals surface area contributed by atoms with Gasteiger partial charge in [0.05, 0.1) is 0 Å². The molecule has 1 N–H and O–H groups in total. The van der Waals surface area contributed by atoms with Crippen molar-refractivity contribution >= 4 is 0 Å². The molecule has 0 aromatic carbocycles. The maximum absolute atomic E-state index is 9.04. The molecule has 1 fully saturated rings.